The number of hydrogen-bond acceptors (Lipinski definition) is 4. The molecule has 1 aromatic carbocycles. The maximum absolute atomic E-state index is 11.9. The van der Waals surface area contributed by atoms with Crippen LogP contribution in [0.25, 0.3) is 5.70 Å². The monoisotopic (exact) mass is 287 g/mol. The number of carbonyl (C=O) groups is 2. The number of aliphatic carboxylic acids is 1. The number of aliphatic imine (C=N–C) groups is 1. The summed E-state index contributed by atoms with van der Waals surface area (Å²) in [6.07, 6.45) is 0. The molecule has 2 rings (SSSR count). The van der Waals surface area contributed by atoms with Crippen molar-refractivity contribution in [2.24, 2.45) is 16.8 Å². The number of carbonyl (C=O) groups excluding carboxylic acids is 1. The maximum atomic E-state index is 11.9. The average molecular weight is 287 g/mol. The van der Waals surface area contributed by atoms with Crippen LogP contribution in [0.5, 0.6) is 0 Å². The number of benzene rings is 1. The fourth-order valence-corrected chi connectivity index (χ4v) is 2.66. The van der Waals surface area contributed by atoms with Crippen molar-refractivity contribution in [3.63, 3.8) is 0 Å². The SMILES string of the molecule is COC(=O)C1C(C)=NC(c2ccccc2)=C(C(=O)O)C1C. The Balaban J connectivity index is 2.59. The zero-order valence-corrected chi connectivity index (χ0v) is 12.2. The summed E-state index contributed by atoms with van der Waals surface area (Å²) >= 11 is 0. The van der Waals surface area contributed by atoms with Gasteiger partial charge in [-0.2, -0.15) is 0 Å². The van der Waals surface area contributed by atoms with Crippen LogP contribution in [0.1, 0.15) is 19.4 Å². The summed E-state index contributed by atoms with van der Waals surface area (Å²) in [5.41, 5.74) is 1.85. The van der Waals surface area contributed by atoms with E-state index in [2.05, 4.69) is 4.99 Å². The molecule has 0 spiro atoms. The van der Waals surface area contributed by atoms with Crippen LogP contribution in [0, 0.1) is 11.8 Å². The Morgan fingerprint density at radius 3 is 2.38 bits per heavy atom. The maximum Gasteiger partial charge on any atom is 0.334 e. The van der Waals surface area contributed by atoms with E-state index in [4.69, 9.17) is 4.74 Å². The second-order valence-electron chi connectivity index (χ2n) is 4.98. The molecule has 1 aliphatic rings. The summed E-state index contributed by atoms with van der Waals surface area (Å²) in [5.74, 6) is -2.68. The topological polar surface area (TPSA) is 76.0 Å². The Hall–Kier alpha value is -2.43. The molecule has 0 saturated heterocycles. The van der Waals surface area contributed by atoms with Crippen LogP contribution in [0.4, 0.5) is 0 Å². The molecule has 1 N–H and O–H groups in total. The molecule has 2 unspecified atom stereocenters. The zero-order valence-electron chi connectivity index (χ0n) is 12.2. The van der Waals surface area contributed by atoms with E-state index in [0.717, 1.165) is 5.56 Å². The Labute approximate surface area is 123 Å². The molecule has 0 amide bonds. The number of ether oxygens (including phenoxy) is 1. The third-order valence-corrected chi connectivity index (χ3v) is 3.68. The predicted molar refractivity (Wildman–Crippen MR) is 78.8 cm³/mol. The van der Waals surface area contributed by atoms with Gasteiger partial charge in [0.1, 0.15) is 5.92 Å². The first-order valence-electron chi connectivity index (χ1n) is 6.63. The number of rotatable bonds is 3. The standard InChI is InChI=1S/C16H17NO4/c1-9-12(16(20)21-3)10(2)17-14(13(9)15(18)19)11-7-5-4-6-8-11/h4-9,12H,1-3H3,(H,18,19). The Bertz CT molecular complexity index is 631. The number of nitrogens with zero attached hydrogens (tertiary/aromatic N) is 1. The predicted octanol–water partition coefficient (Wildman–Crippen LogP) is 2.38. The Morgan fingerprint density at radius 2 is 1.86 bits per heavy atom. The lowest BCUT2D eigenvalue weighted by atomic mass is 9.80. The number of methoxy groups -OCH3 is 1. The molecule has 110 valence electrons. The summed E-state index contributed by atoms with van der Waals surface area (Å²) in [6.45, 7) is 3.44. The van der Waals surface area contributed by atoms with E-state index in [0.29, 0.717) is 11.4 Å². The highest BCUT2D eigenvalue weighted by molar-refractivity contribution is 6.10. The van der Waals surface area contributed by atoms with E-state index < -0.39 is 23.8 Å². The molecular weight excluding hydrogens is 270 g/mol. The minimum absolute atomic E-state index is 0.141. The molecular formula is C16H17NO4. The first kappa shape index (κ1) is 15.0. The van der Waals surface area contributed by atoms with Crippen LogP contribution in [-0.2, 0) is 14.3 Å². The van der Waals surface area contributed by atoms with Gasteiger partial charge in [0.25, 0.3) is 0 Å². The van der Waals surface area contributed by atoms with Crippen molar-refractivity contribution >= 4 is 23.3 Å². The van der Waals surface area contributed by atoms with Gasteiger partial charge in [0.05, 0.1) is 18.4 Å². The molecule has 0 radical (unpaired) electrons. The van der Waals surface area contributed by atoms with Gasteiger partial charge in [-0.05, 0) is 6.92 Å². The van der Waals surface area contributed by atoms with Crippen molar-refractivity contribution in [3.8, 4) is 0 Å². The van der Waals surface area contributed by atoms with Crippen molar-refractivity contribution in [3.05, 3.63) is 41.5 Å². The molecule has 1 aliphatic heterocycles. The smallest absolute Gasteiger partial charge is 0.334 e. The van der Waals surface area contributed by atoms with Crippen LogP contribution in [0.2, 0.25) is 0 Å². The second kappa shape index (κ2) is 5.91. The minimum atomic E-state index is -1.06. The van der Waals surface area contributed by atoms with Gasteiger partial charge in [0.2, 0.25) is 0 Å². The summed E-state index contributed by atoms with van der Waals surface area (Å²) < 4.78 is 4.76. The lowest BCUT2D eigenvalue weighted by Crippen LogP contribution is -2.35. The van der Waals surface area contributed by atoms with Crippen molar-refractivity contribution in [1.29, 1.82) is 0 Å². The fraction of sp³-hybridized carbons (Fsp3) is 0.312. The van der Waals surface area contributed by atoms with Crippen LogP contribution in [0.3, 0.4) is 0 Å². The fourth-order valence-electron chi connectivity index (χ4n) is 2.66. The van der Waals surface area contributed by atoms with E-state index in [1.807, 2.05) is 18.2 Å². The normalized spacial score (nSPS) is 21.8. The quantitative estimate of drug-likeness (QED) is 0.866. The third-order valence-electron chi connectivity index (χ3n) is 3.68. The van der Waals surface area contributed by atoms with E-state index in [1.165, 1.54) is 7.11 Å². The van der Waals surface area contributed by atoms with E-state index in [1.54, 1.807) is 26.0 Å². The van der Waals surface area contributed by atoms with E-state index >= 15 is 0 Å². The highest BCUT2D eigenvalue weighted by Crippen LogP contribution is 2.35. The summed E-state index contributed by atoms with van der Waals surface area (Å²) in [6, 6.07) is 9.11. The van der Waals surface area contributed by atoms with Gasteiger partial charge in [-0.1, -0.05) is 37.3 Å². The lowest BCUT2D eigenvalue weighted by Gasteiger charge is -2.28. The van der Waals surface area contributed by atoms with Crippen LogP contribution < -0.4 is 0 Å². The molecule has 5 heteroatoms. The molecule has 0 saturated carbocycles. The number of hydrogen-bond donors (Lipinski definition) is 1. The first-order valence-corrected chi connectivity index (χ1v) is 6.63. The summed E-state index contributed by atoms with van der Waals surface area (Å²) in [5, 5.41) is 9.52. The molecule has 2 atom stereocenters. The molecule has 0 bridgehead atoms. The molecule has 0 fully saturated rings. The van der Waals surface area contributed by atoms with E-state index in [-0.39, 0.29) is 5.57 Å². The molecule has 1 aromatic rings. The van der Waals surface area contributed by atoms with Gasteiger partial charge in [-0.15, -0.1) is 0 Å². The van der Waals surface area contributed by atoms with Crippen molar-refractivity contribution in [2.75, 3.05) is 7.11 Å². The molecule has 1 heterocycles. The van der Waals surface area contributed by atoms with Crippen LogP contribution in [0.15, 0.2) is 40.9 Å². The van der Waals surface area contributed by atoms with Gasteiger partial charge < -0.3 is 9.84 Å². The van der Waals surface area contributed by atoms with Crippen molar-refractivity contribution in [2.45, 2.75) is 13.8 Å². The number of esters is 1. The van der Waals surface area contributed by atoms with Gasteiger partial charge in [-0.3, -0.25) is 9.79 Å². The van der Waals surface area contributed by atoms with Gasteiger partial charge in [-0.25, -0.2) is 4.79 Å². The summed E-state index contributed by atoms with van der Waals surface area (Å²) in [4.78, 5) is 27.9. The summed E-state index contributed by atoms with van der Waals surface area (Å²) in [7, 11) is 1.29. The lowest BCUT2D eigenvalue weighted by molar-refractivity contribution is -0.144. The van der Waals surface area contributed by atoms with Gasteiger partial charge in [0.15, 0.2) is 0 Å². The van der Waals surface area contributed by atoms with Crippen LogP contribution >= 0.6 is 0 Å². The van der Waals surface area contributed by atoms with Crippen LogP contribution in [-0.4, -0.2) is 29.9 Å². The van der Waals surface area contributed by atoms with Gasteiger partial charge in [0, 0.05) is 17.2 Å². The van der Waals surface area contributed by atoms with Crippen molar-refractivity contribution < 1.29 is 19.4 Å². The highest BCUT2D eigenvalue weighted by atomic mass is 16.5. The zero-order chi connectivity index (χ0) is 15.6. The van der Waals surface area contributed by atoms with Crippen molar-refractivity contribution in [1.82, 2.24) is 0 Å². The average Bonchev–Trinajstić information content (AvgIpc) is 2.46. The van der Waals surface area contributed by atoms with E-state index in [9.17, 15) is 14.7 Å². The first-order chi connectivity index (χ1) is 9.97. The third kappa shape index (κ3) is 2.72. The minimum Gasteiger partial charge on any atom is -0.478 e. The highest BCUT2D eigenvalue weighted by Gasteiger charge is 2.38. The molecule has 5 nitrogen and oxygen atoms in total. The Kier molecular flexibility index (Phi) is 4.21. The molecule has 0 aromatic heterocycles. The number of carboxylic acid groups (broad SMARTS) is 1. The second-order valence-corrected chi connectivity index (χ2v) is 4.98. The van der Waals surface area contributed by atoms with Gasteiger partial charge >= 0.3 is 11.9 Å². The molecule has 21 heavy (non-hydrogen) atoms. The molecule has 0 aliphatic carbocycles. The largest absolute Gasteiger partial charge is 0.478 e. The number of carboxylic acids is 1. The Morgan fingerprint density at radius 1 is 1.24 bits per heavy atom.